The normalized spacial score (nSPS) is 14.1. The van der Waals surface area contributed by atoms with E-state index in [1.807, 2.05) is 37.3 Å². The lowest BCUT2D eigenvalue weighted by Gasteiger charge is -2.20. The molecule has 2 unspecified atom stereocenters. The highest BCUT2D eigenvalue weighted by atomic mass is 16.3. The molecule has 0 aliphatic heterocycles. The third-order valence-electron chi connectivity index (χ3n) is 4.44. The molecule has 2 rings (SSSR count). The highest BCUT2D eigenvalue weighted by Gasteiger charge is 2.12. The predicted molar refractivity (Wildman–Crippen MR) is 106 cm³/mol. The first-order valence-corrected chi connectivity index (χ1v) is 9.14. The van der Waals surface area contributed by atoms with Gasteiger partial charge in [0.05, 0.1) is 12.3 Å². The van der Waals surface area contributed by atoms with Crippen LogP contribution in [0.25, 0.3) is 0 Å². The molecule has 0 aliphatic rings. The zero-order chi connectivity index (χ0) is 18.9. The van der Waals surface area contributed by atoms with Crippen LogP contribution in [0.4, 0.5) is 0 Å². The lowest BCUT2D eigenvalue weighted by Crippen LogP contribution is -2.42. The zero-order valence-corrected chi connectivity index (χ0v) is 16.2. The second kappa shape index (κ2) is 9.97. The Balaban J connectivity index is 1.80. The number of aryl methyl sites for hydroxylation is 2. The number of aliphatic hydroxyl groups is 1. The van der Waals surface area contributed by atoms with Gasteiger partial charge in [-0.25, -0.2) is 0 Å². The third kappa shape index (κ3) is 5.88. The van der Waals surface area contributed by atoms with Gasteiger partial charge in [-0.2, -0.15) is 5.10 Å². The topological polar surface area (TPSA) is 74.5 Å². The largest absolute Gasteiger partial charge is 0.396 e. The van der Waals surface area contributed by atoms with Crippen molar-refractivity contribution in [3.63, 3.8) is 0 Å². The van der Waals surface area contributed by atoms with E-state index < -0.39 is 0 Å². The molecule has 1 aromatic carbocycles. The maximum Gasteiger partial charge on any atom is 0.191 e. The minimum Gasteiger partial charge on any atom is -0.396 e. The molecular formula is C20H31N5O. The van der Waals surface area contributed by atoms with E-state index in [9.17, 15) is 5.11 Å². The van der Waals surface area contributed by atoms with Crippen molar-refractivity contribution in [2.75, 3.05) is 26.7 Å². The van der Waals surface area contributed by atoms with Crippen LogP contribution in [0.1, 0.15) is 29.8 Å². The first-order chi connectivity index (χ1) is 12.5. The molecule has 0 bridgehead atoms. The quantitative estimate of drug-likeness (QED) is 0.499. The Morgan fingerprint density at radius 2 is 1.88 bits per heavy atom. The van der Waals surface area contributed by atoms with Gasteiger partial charge >= 0.3 is 0 Å². The fourth-order valence-electron chi connectivity index (χ4n) is 2.94. The Morgan fingerprint density at radius 1 is 1.19 bits per heavy atom. The van der Waals surface area contributed by atoms with Crippen molar-refractivity contribution in [2.24, 2.45) is 10.9 Å². The van der Waals surface area contributed by atoms with Gasteiger partial charge in [0, 0.05) is 38.3 Å². The Morgan fingerprint density at radius 3 is 2.46 bits per heavy atom. The first-order valence-electron chi connectivity index (χ1n) is 9.14. The van der Waals surface area contributed by atoms with Gasteiger partial charge in [-0.15, -0.1) is 0 Å². The molecule has 0 radical (unpaired) electrons. The number of aliphatic imine (C=N–C) groups is 1. The van der Waals surface area contributed by atoms with Gasteiger partial charge in [-0.1, -0.05) is 37.3 Å². The fraction of sp³-hybridized carbons (Fsp3) is 0.500. The van der Waals surface area contributed by atoms with Gasteiger partial charge in [-0.3, -0.25) is 9.67 Å². The maximum atomic E-state index is 9.67. The minimum absolute atomic E-state index is 0.0434. The van der Waals surface area contributed by atoms with Gasteiger partial charge in [0.25, 0.3) is 0 Å². The smallest absolute Gasteiger partial charge is 0.191 e. The van der Waals surface area contributed by atoms with E-state index >= 15 is 0 Å². The van der Waals surface area contributed by atoms with Crippen LogP contribution in [0.2, 0.25) is 0 Å². The molecule has 0 saturated carbocycles. The average Bonchev–Trinajstić information content (AvgIpc) is 2.96. The molecule has 0 aliphatic carbocycles. The predicted octanol–water partition coefficient (Wildman–Crippen LogP) is 2.08. The molecule has 142 valence electrons. The highest BCUT2D eigenvalue weighted by molar-refractivity contribution is 5.79. The third-order valence-corrected chi connectivity index (χ3v) is 4.44. The summed E-state index contributed by atoms with van der Waals surface area (Å²) in [6.07, 6.45) is 0. The number of aliphatic hydroxyl groups excluding tert-OH is 1. The molecule has 1 heterocycles. The Bertz CT molecular complexity index is 695. The van der Waals surface area contributed by atoms with Crippen molar-refractivity contribution < 1.29 is 5.11 Å². The molecule has 6 nitrogen and oxygen atoms in total. The van der Waals surface area contributed by atoms with Crippen LogP contribution in [-0.4, -0.2) is 47.6 Å². The van der Waals surface area contributed by atoms with Crippen LogP contribution >= 0.6 is 0 Å². The Labute approximate surface area is 156 Å². The summed E-state index contributed by atoms with van der Waals surface area (Å²) >= 11 is 0. The van der Waals surface area contributed by atoms with Crippen molar-refractivity contribution >= 4 is 5.96 Å². The van der Waals surface area contributed by atoms with Gasteiger partial charge in [0.1, 0.15) is 0 Å². The van der Waals surface area contributed by atoms with Crippen LogP contribution in [0.5, 0.6) is 0 Å². The molecule has 6 heteroatoms. The molecule has 3 N–H and O–H groups in total. The van der Waals surface area contributed by atoms with Crippen LogP contribution in [0.15, 0.2) is 41.4 Å². The number of benzene rings is 1. The molecule has 0 saturated heterocycles. The van der Waals surface area contributed by atoms with Crippen molar-refractivity contribution in [3.05, 3.63) is 53.3 Å². The van der Waals surface area contributed by atoms with E-state index in [1.54, 1.807) is 7.05 Å². The Hall–Kier alpha value is -2.34. The van der Waals surface area contributed by atoms with Crippen LogP contribution < -0.4 is 10.6 Å². The van der Waals surface area contributed by atoms with Crippen molar-refractivity contribution in [1.29, 1.82) is 0 Å². The Kier molecular flexibility index (Phi) is 7.66. The number of hydrogen-bond donors (Lipinski definition) is 3. The highest BCUT2D eigenvalue weighted by Crippen LogP contribution is 2.13. The molecule has 26 heavy (non-hydrogen) atoms. The molecule has 2 atom stereocenters. The summed E-state index contributed by atoms with van der Waals surface area (Å²) in [6, 6.07) is 12.1. The van der Waals surface area contributed by atoms with Gasteiger partial charge in [-0.05, 0) is 31.4 Å². The summed E-state index contributed by atoms with van der Waals surface area (Å²) in [6.45, 7) is 8.69. The molecule has 2 aromatic rings. The standard InChI is InChI=1S/C20H31N5O/c1-15(13-25-17(3)10-16(2)24-25)11-22-20(21-4)23-12-19(14-26)18-8-6-5-7-9-18/h5-10,15,19,26H,11-14H2,1-4H3,(H2,21,22,23). The summed E-state index contributed by atoms with van der Waals surface area (Å²) in [5, 5.41) is 20.9. The first kappa shape index (κ1) is 20.0. The molecule has 0 spiro atoms. The number of aromatic nitrogens is 2. The fourth-order valence-corrected chi connectivity index (χ4v) is 2.94. The van der Waals surface area contributed by atoms with Crippen molar-refractivity contribution in [3.8, 4) is 0 Å². The molecular weight excluding hydrogens is 326 g/mol. The molecule has 0 fully saturated rings. The second-order valence-corrected chi connectivity index (χ2v) is 6.84. The molecule has 1 aromatic heterocycles. The lowest BCUT2D eigenvalue weighted by atomic mass is 10.0. The summed E-state index contributed by atoms with van der Waals surface area (Å²) in [5.74, 6) is 1.20. The van der Waals surface area contributed by atoms with E-state index in [4.69, 9.17) is 0 Å². The number of guanidine groups is 1. The van der Waals surface area contributed by atoms with Gasteiger partial charge in [0.2, 0.25) is 0 Å². The minimum atomic E-state index is 0.0434. The van der Waals surface area contributed by atoms with E-state index in [0.29, 0.717) is 12.5 Å². The number of rotatable bonds is 8. The lowest BCUT2D eigenvalue weighted by molar-refractivity contribution is 0.265. The summed E-state index contributed by atoms with van der Waals surface area (Å²) < 4.78 is 2.05. The van der Waals surface area contributed by atoms with E-state index in [1.165, 1.54) is 5.69 Å². The van der Waals surface area contributed by atoms with E-state index in [-0.39, 0.29) is 12.5 Å². The summed E-state index contributed by atoms with van der Waals surface area (Å²) in [5.41, 5.74) is 3.36. The number of nitrogens with zero attached hydrogens (tertiary/aromatic N) is 3. The number of nitrogens with one attached hydrogen (secondary N) is 2. The maximum absolute atomic E-state index is 9.67. The average molecular weight is 358 g/mol. The summed E-state index contributed by atoms with van der Waals surface area (Å²) in [4.78, 5) is 4.28. The second-order valence-electron chi connectivity index (χ2n) is 6.84. The van der Waals surface area contributed by atoms with E-state index in [2.05, 4.69) is 45.3 Å². The van der Waals surface area contributed by atoms with Crippen LogP contribution in [0, 0.1) is 19.8 Å². The van der Waals surface area contributed by atoms with Crippen LogP contribution in [-0.2, 0) is 6.54 Å². The number of hydrogen-bond acceptors (Lipinski definition) is 3. The zero-order valence-electron chi connectivity index (χ0n) is 16.2. The monoisotopic (exact) mass is 357 g/mol. The van der Waals surface area contributed by atoms with Crippen LogP contribution in [0.3, 0.4) is 0 Å². The van der Waals surface area contributed by atoms with Gasteiger partial charge < -0.3 is 15.7 Å². The van der Waals surface area contributed by atoms with Crippen molar-refractivity contribution in [2.45, 2.75) is 33.2 Å². The van der Waals surface area contributed by atoms with Gasteiger partial charge in [0.15, 0.2) is 5.96 Å². The summed E-state index contributed by atoms with van der Waals surface area (Å²) in [7, 11) is 1.76. The van der Waals surface area contributed by atoms with E-state index in [0.717, 1.165) is 30.3 Å². The molecule has 0 amide bonds. The SMILES string of the molecule is CN=C(NCC(C)Cn1nc(C)cc1C)NCC(CO)c1ccccc1. The van der Waals surface area contributed by atoms with Crippen molar-refractivity contribution in [1.82, 2.24) is 20.4 Å².